The van der Waals surface area contributed by atoms with E-state index in [0.29, 0.717) is 19.0 Å². The third kappa shape index (κ3) is 3.52. The number of ether oxygens (including phenoxy) is 2. The number of imidazole rings is 1. The van der Waals surface area contributed by atoms with Crippen LogP contribution >= 0.6 is 0 Å². The molecule has 1 aromatic carbocycles. The molecule has 4 heterocycles. The first-order chi connectivity index (χ1) is 16.5. The normalized spacial score (nSPS) is 11.4. The predicted molar refractivity (Wildman–Crippen MR) is 131 cm³/mol. The van der Waals surface area contributed by atoms with Crippen molar-refractivity contribution >= 4 is 21.9 Å². The van der Waals surface area contributed by atoms with E-state index >= 15 is 0 Å². The number of nitrogens with zero attached hydrogens (tertiary/aromatic N) is 5. The van der Waals surface area contributed by atoms with Crippen LogP contribution in [-0.2, 0) is 18.4 Å². The van der Waals surface area contributed by atoms with Gasteiger partial charge in [0.1, 0.15) is 11.4 Å². The highest BCUT2D eigenvalue weighted by molar-refractivity contribution is 6.04. The second-order valence-electron chi connectivity index (χ2n) is 8.04. The van der Waals surface area contributed by atoms with Gasteiger partial charge in [0.25, 0.3) is 0 Å². The first-order valence-electron chi connectivity index (χ1n) is 11.1. The zero-order valence-corrected chi connectivity index (χ0v) is 19.6. The van der Waals surface area contributed by atoms with Gasteiger partial charge in [-0.1, -0.05) is 6.07 Å². The first kappa shape index (κ1) is 21.8. The molecule has 0 aliphatic heterocycles. The van der Waals surface area contributed by atoms with Crippen molar-refractivity contribution in [3.63, 3.8) is 0 Å². The molecule has 34 heavy (non-hydrogen) atoms. The van der Waals surface area contributed by atoms with Gasteiger partial charge in [-0.15, -0.1) is 0 Å². The van der Waals surface area contributed by atoms with Crippen LogP contribution in [0, 0.1) is 6.92 Å². The van der Waals surface area contributed by atoms with Crippen LogP contribution in [0.1, 0.15) is 18.3 Å². The van der Waals surface area contributed by atoms with E-state index in [9.17, 15) is 4.79 Å². The van der Waals surface area contributed by atoms with Gasteiger partial charge in [-0.25, -0.2) is 4.79 Å². The highest BCUT2D eigenvalue weighted by atomic mass is 16.5. The first-order valence-corrected chi connectivity index (χ1v) is 11.1. The molecule has 0 saturated carbocycles. The van der Waals surface area contributed by atoms with Gasteiger partial charge in [0, 0.05) is 37.5 Å². The number of rotatable bonds is 6. The minimum Gasteiger partial charge on any atom is -0.492 e. The Bertz CT molecular complexity index is 1590. The molecule has 5 rings (SSSR count). The molecule has 5 aromatic rings. The van der Waals surface area contributed by atoms with Crippen LogP contribution in [0.4, 0.5) is 0 Å². The van der Waals surface area contributed by atoms with E-state index < -0.39 is 0 Å². The average Bonchev–Trinajstić information content (AvgIpc) is 3.11. The molecule has 172 valence electrons. The number of pyridine rings is 3. The summed E-state index contributed by atoms with van der Waals surface area (Å²) in [7, 11) is 3.40. The van der Waals surface area contributed by atoms with Crippen LogP contribution in [0.2, 0.25) is 0 Å². The molecule has 0 unspecified atom stereocenters. The number of benzene rings is 1. The summed E-state index contributed by atoms with van der Waals surface area (Å²) in [5, 5.41) is 0.870. The maximum Gasteiger partial charge on any atom is 0.333 e. The molecule has 0 amide bonds. The van der Waals surface area contributed by atoms with Crippen molar-refractivity contribution in [2.45, 2.75) is 20.5 Å². The van der Waals surface area contributed by atoms with Crippen LogP contribution in [0.5, 0.6) is 5.75 Å². The number of methoxy groups -OCH3 is 1. The standard InChI is InChI=1S/C26H25N5O3/c1-5-34-24-12-18(13-28-21(24)15-33-4)17-8-9-20-19(11-17)25-23(14-29-20)30(3)26(32)31(25)22-7-6-10-27-16(22)2/h6-14H,5,15H2,1-4H3. The molecule has 0 spiro atoms. The minimum absolute atomic E-state index is 0.143. The fraction of sp³-hybridized carbons (Fsp3) is 0.231. The number of aromatic nitrogens is 5. The molecule has 0 radical (unpaired) electrons. The lowest BCUT2D eigenvalue weighted by atomic mass is 10.0. The molecule has 8 heteroatoms. The molecule has 0 aliphatic carbocycles. The Kier molecular flexibility index (Phi) is 5.59. The third-order valence-electron chi connectivity index (χ3n) is 5.95. The lowest BCUT2D eigenvalue weighted by Crippen LogP contribution is -2.21. The number of aryl methyl sites for hydroxylation is 2. The number of hydrogen-bond donors (Lipinski definition) is 0. The van der Waals surface area contributed by atoms with Gasteiger partial charge >= 0.3 is 5.69 Å². The number of hydrogen-bond acceptors (Lipinski definition) is 6. The quantitative estimate of drug-likeness (QED) is 0.382. The molecule has 0 N–H and O–H groups in total. The zero-order chi connectivity index (χ0) is 23.8. The lowest BCUT2D eigenvalue weighted by molar-refractivity contribution is 0.176. The number of fused-ring (bicyclic) bond motifs is 3. The van der Waals surface area contributed by atoms with E-state index in [1.807, 2.05) is 50.4 Å². The smallest absolute Gasteiger partial charge is 0.333 e. The molecular weight excluding hydrogens is 430 g/mol. The maximum absolute atomic E-state index is 13.3. The van der Waals surface area contributed by atoms with Crippen LogP contribution in [-0.4, -0.2) is 37.8 Å². The summed E-state index contributed by atoms with van der Waals surface area (Å²) in [4.78, 5) is 26.9. The van der Waals surface area contributed by atoms with Crippen LogP contribution < -0.4 is 10.4 Å². The van der Waals surface area contributed by atoms with Crippen LogP contribution in [0.25, 0.3) is 38.8 Å². The average molecular weight is 456 g/mol. The highest BCUT2D eigenvalue weighted by Crippen LogP contribution is 2.32. The monoisotopic (exact) mass is 455 g/mol. The van der Waals surface area contributed by atoms with Gasteiger partial charge in [-0.2, -0.15) is 0 Å². The van der Waals surface area contributed by atoms with Crippen LogP contribution in [0.3, 0.4) is 0 Å². The fourth-order valence-electron chi connectivity index (χ4n) is 4.27. The molecule has 8 nitrogen and oxygen atoms in total. The Balaban J connectivity index is 1.78. The second kappa shape index (κ2) is 8.72. The Morgan fingerprint density at radius 1 is 1.03 bits per heavy atom. The topological polar surface area (TPSA) is 84.1 Å². The summed E-state index contributed by atoms with van der Waals surface area (Å²) >= 11 is 0. The van der Waals surface area contributed by atoms with E-state index in [-0.39, 0.29) is 5.69 Å². The maximum atomic E-state index is 13.3. The van der Waals surface area contributed by atoms with E-state index in [0.717, 1.165) is 50.1 Å². The predicted octanol–water partition coefficient (Wildman–Crippen LogP) is 4.19. The van der Waals surface area contributed by atoms with Crippen LogP contribution in [0.15, 0.2) is 59.8 Å². The van der Waals surface area contributed by atoms with E-state index in [1.165, 1.54) is 0 Å². The van der Waals surface area contributed by atoms with Crippen molar-refractivity contribution in [3.8, 4) is 22.6 Å². The van der Waals surface area contributed by atoms with Gasteiger partial charge in [-0.05, 0) is 49.7 Å². The van der Waals surface area contributed by atoms with E-state index in [4.69, 9.17) is 9.47 Å². The van der Waals surface area contributed by atoms with Crippen molar-refractivity contribution in [1.82, 2.24) is 24.1 Å². The summed E-state index contributed by atoms with van der Waals surface area (Å²) in [6, 6.07) is 11.7. The van der Waals surface area contributed by atoms with Gasteiger partial charge in [0.2, 0.25) is 0 Å². The minimum atomic E-state index is -0.143. The van der Waals surface area contributed by atoms with Gasteiger partial charge in [0.05, 0.1) is 47.3 Å². The van der Waals surface area contributed by atoms with Crippen molar-refractivity contribution < 1.29 is 9.47 Å². The summed E-state index contributed by atoms with van der Waals surface area (Å²) < 4.78 is 14.4. The van der Waals surface area contributed by atoms with Gasteiger partial charge in [-0.3, -0.25) is 24.1 Å². The Hall–Kier alpha value is -4.04. The van der Waals surface area contributed by atoms with Gasteiger partial charge < -0.3 is 9.47 Å². The molecule has 4 aromatic heterocycles. The third-order valence-corrected chi connectivity index (χ3v) is 5.95. The van der Waals surface area contributed by atoms with Crippen molar-refractivity contribution in [2.75, 3.05) is 13.7 Å². The van der Waals surface area contributed by atoms with Crippen molar-refractivity contribution in [2.24, 2.45) is 7.05 Å². The molecule has 0 saturated heterocycles. The van der Waals surface area contributed by atoms with Crippen molar-refractivity contribution in [1.29, 1.82) is 0 Å². The molecule has 0 atom stereocenters. The largest absolute Gasteiger partial charge is 0.492 e. The fourth-order valence-corrected chi connectivity index (χ4v) is 4.27. The highest BCUT2D eigenvalue weighted by Gasteiger charge is 2.18. The molecule has 0 bridgehead atoms. The second-order valence-corrected chi connectivity index (χ2v) is 8.04. The van der Waals surface area contributed by atoms with E-state index in [1.54, 1.807) is 35.7 Å². The molecule has 0 fully saturated rings. The Morgan fingerprint density at radius 2 is 1.88 bits per heavy atom. The zero-order valence-electron chi connectivity index (χ0n) is 19.6. The summed E-state index contributed by atoms with van der Waals surface area (Å²) in [5.41, 5.74) is 6.33. The Labute approximate surface area is 196 Å². The lowest BCUT2D eigenvalue weighted by Gasteiger charge is -2.12. The van der Waals surface area contributed by atoms with E-state index in [2.05, 4.69) is 21.0 Å². The SMILES string of the molecule is CCOc1cc(-c2ccc3ncc4c(c3c2)n(-c2cccnc2C)c(=O)n4C)cnc1COC. The van der Waals surface area contributed by atoms with Gasteiger partial charge in [0.15, 0.2) is 0 Å². The molecule has 0 aliphatic rings. The summed E-state index contributed by atoms with van der Waals surface area (Å²) in [5.74, 6) is 0.695. The summed E-state index contributed by atoms with van der Waals surface area (Å²) in [6.07, 6.45) is 5.28. The summed E-state index contributed by atoms with van der Waals surface area (Å²) in [6.45, 7) is 4.75. The van der Waals surface area contributed by atoms with Crippen molar-refractivity contribution in [3.05, 3.63) is 76.9 Å². The Morgan fingerprint density at radius 3 is 2.65 bits per heavy atom. The molecular formula is C26H25N5O3.